The Hall–Kier alpha value is -2.65. The second kappa shape index (κ2) is 11.5. The van der Waals surface area contributed by atoms with Gasteiger partial charge in [-0.15, -0.1) is 11.3 Å². The van der Waals surface area contributed by atoms with Crippen molar-refractivity contribution >= 4 is 28.5 Å². The van der Waals surface area contributed by atoms with Crippen LogP contribution in [0.4, 0.5) is 13.2 Å². The molecule has 1 aromatic carbocycles. The van der Waals surface area contributed by atoms with Crippen molar-refractivity contribution < 1.29 is 17.9 Å². The molecule has 1 fully saturated rings. The van der Waals surface area contributed by atoms with Crippen LogP contribution in [0.25, 0.3) is 11.3 Å². The van der Waals surface area contributed by atoms with Crippen molar-refractivity contribution in [2.24, 2.45) is 5.92 Å². The van der Waals surface area contributed by atoms with Gasteiger partial charge in [0, 0.05) is 47.4 Å². The van der Waals surface area contributed by atoms with E-state index in [1.165, 1.54) is 23.5 Å². The molecule has 3 aromatic rings. The minimum absolute atomic E-state index is 0.0138. The normalized spacial score (nSPS) is 24.4. The van der Waals surface area contributed by atoms with Gasteiger partial charge < -0.3 is 4.74 Å². The number of para-hydroxylation sites is 1. The first kappa shape index (κ1) is 29.4. The molecule has 6 rings (SSSR count). The number of nitrogens with zero attached hydrogens (tertiary/aromatic N) is 3. The number of allylic oxidation sites excluding steroid dienone is 5. The molecule has 2 aromatic heterocycles. The molecule has 2 aliphatic heterocycles. The number of hydrogen-bond acceptors (Lipinski definition) is 4. The Morgan fingerprint density at radius 1 is 1.24 bits per heavy atom. The van der Waals surface area contributed by atoms with Crippen LogP contribution in [0.15, 0.2) is 60.8 Å². The topological polar surface area (TPSA) is 30.3 Å². The van der Waals surface area contributed by atoms with Gasteiger partial charge in [0.25, 0.3) is 5.92 Å². The maximum atomic E-state index is 15.5. The lowest BCUT2D eigenvalue weighted by Crippen LogP contribution is -2.48. The zero-order valence-corrected chi connectivity index (χ0v) is 25.5. The van der Waals surface area contributed by atoms with Gasteiger partial charge in [-0.1, -0.05) is 61.0 Å². The van der Waals surface area contributed by atoms with E-state index >= 15 is 4.39 Å². The zero-order valence-electron chi connectivity index (χ0n) is 23.9. The summed E-state index contributed by atoms with van der Waals surface area (Å²) >= 11 is 7.37. The summed E-state index contributed by atoms with van der Waals surface area (Å²) in [7, 11) is 0. The van der Waals surface area contributed by atoms with E-state index in [9.17, 15) is 8.78 Å². The van der Waals surface area contributed by atoms with Crippen molar-refractivity contribution in [1.82, 2.24) is 14.7 Å². The molecule has 0 bridgehead atoms. The minimum Gasteiger partial charge on any atom is -0.363 e. The Kier molecular flexibility index (Phi) is 8.02. The van der Waals surface area contributed by atoms with Crippen LogP contribution < -0.4 is 0 Å². The molecule has 3 aliphatic rings. The number of alkyl halides is 2. The number of aromatic nitrogens is 2. The molecule has 42 heavy (non-hydrogen) atoms. The highest BCUT2D eigenvalue weighted by atomic mass is 35.5. The number of benzene rings is 1. The van der Waals surface area contributed by atoms with Gasteiger partial charge in [0.2, 0.25) is 0 Å². The van der Waals surface area contributed by atoms with Crippen molar-refractivity contribution in [3.63, 3.8) is 0 Å². The number of ether oxygens (including phenoxy) is 1. The molecular weight excluding hydrogens is 579 g/mol. The Bertz CT molecular complexity index is 1560. The number of aryl methyl sites for hydroxylation is 1. The van der Waals surface area contributed by atoms with Crippen molar-refractivity contribution in [2.45, 2.75) is 64.0 Å². The number of likely N-dealkylation sites (tertiary alicyclic amines) is 1. The lowest BCUT2D eigenvalue weighted by atomic mass is 9.84. The predicted molar refractivity (Wildman–Crippen MR) is 163 cm³/mol. The summed E-state index contributed by atoms with van der Waals surface area (Å²) in [4.78, 5) is 2.85. The van der Waals surface area contributed by atoms with E-state index in [0.29, 0.717) is 53.8 Å². The highest BCUT2D eigenvalue weighted by Gasteiger charge is 2.51. The number of hydrogen-bond donors (Lipinski definition) is 0. The van der Waals surface area contributed by atoms with E-state index in [-0.39, 0.29) is 17.3 Å². The highest BCUT2D eigenvalue weighted by molar-refractivity contribution is 7.16. The van der Waals surface area contributed by atoms with Crippen LogP contribution >= 0.6 is 22.9 Å². The largest absolute Gasteiger partial charge is 0.363 e. The monoisotopic (exact) mass is 613 g/mol. The fourth-order valence-corrected chi connectivity index (χ4v) is 7.89. The lowest BCUT2D eigenvalue weighted by Gasteiger charge is -2.45. The SMILES string of the molecule is C=C1/C=C\CCC(C)/C(c2cccc(F)c2-n2cc(CN3CCC4(CC3)OCC(F)(F)c3cc(Cl)sc34)c(C)n2)=C/C1. The van der Waals surface area contributed by atoms with Crippen LogP contribution in [0.2, 0.25) is 4.34 Å². The first-order chi connectivity index (χ1) is 20.1. The maximum absolute atomic E-state index is 15.5. The van der Waals surface area contributed by atoms with Gasteiger partial charge >= 0.3 is 0 Å². The van der Waals surface area contributed by atoms with Crippen molar-refractivity contribution in [3.05, 3.63) is 98.3 Å². The second-order valence-electron chi connectivity index (χ2n) is 11.8. The van der Waals surface area contributed by atoms with Crippen LogP contribution in [0.5, 0.6) is 0 Å². The molecule has 0 N–H and O–H groups in total. The van der Waals surface area contributed by atoms with Crippen molar-refractivity contribution in [1.29, 1.82) is 0 Å². The molecule has 9 heteroatoms. The second-order valence-corrected chi connectivity index (χ2v) is 13.5. The van der Waals surface area contributed by atoms with Gasteiger partial charge in [-0.25, -0.2) is 9.07 Å². The number of piperidine rings is 1. The Morgan fingerprint density at radius 3 is 2.81 bits per heavy atom. The van der Waals surface area contributed by atoms with Gasteiger partial charge in [-0.2, -0.15) is 13.9 Å². The van der Waals surface area contributed by atoms with E-state index in [4.69, 9.17) is 21.4 Å². The first-order valence-corrected chi connectivity index (χ1v) is 15.7. The number of halogens is 4. The summed E-state index contributed by atoms with van der Waals surface area (Å²) in [5, 5.41) is 4.77. The van der Waals surface area contributed by atoms with Crippen LogP contribution in [0, 0.1) is 18.7 Å². The summed E-state index contributed by atoms with van der Waals surface area (Å²) in [6.07, 6.45) is 12.2. The van der Waals surface area contributed by atoms with Crippen molar-refractivity contribution in [2.75, 3.05) is 19.7 Å². The molecule has 1 spiro atoms. The third kappa shape index (κ3) is 5.54. The number of fused-ring (bicyclic) bond motifs is 2. The summed E-state index contributed by atoms with van der Waals surface area (Å²) in [6, 6.07) is 6.63. The summed E-state index contributed by atoms with van der Waals surface area (Å²) < 4.78 is 52.5. The summed E-state index contributed by atoms with van der Waals surface area (Å²) in [5.41, 5.74) is 4.57. The summed E-state index contributed by atoms with van der Waals surface area (Å²) in [6.45, 7) is 9.65. The quantitative estimate of drug-likeness (QED) is 0.294. The minimum atomic E-state index is -3.02. The molecule has 1 saturated heterocycles. The molecule has 0 amide bonds. The fraction of sp³-hybridized carbons (Fsp3) is 0.424. The molecule has 0 saturated carbocycles. The Morgan fingerprint density at radius 2 is 2.02 bits per heavy atom. The molecule has 1 unspecified atom stereocenters. The van der Waals surface area contributed by atoms with E-state index in [0.717, 1.165) is 40.8 Å². The number of thiophene rings is 1. The fourth-order valence-electron chi connectivity index (χ4n) is 6.41. The maximum Gasteiger partial charge on any atom is 0.297 e. The molecule has 0 radical (unpaired) electrons. The lowest BCUT2D eigenvalue weighted by molar-refractivity contribution is -0.182. The van der Waals surface area contributed by atoms with E-state index in [1.807, 2.05) is 19.2 Å². The third-order valence-corrected chi connectivity index (χ3v) is 10.3. The number of rotatable bonds is 4. The van der Waals surface area contributed by atoms with Crippen molar-refractivity contribution in [3.8, 4) is 5.69 Å². The van der Waals surface area contributed by atoms with Gasteiger partial charge in [0.1, 0.15) is 23.7 Å². The Balaban J connectivity index is 1.23. The van der Waals surface area contributed by atoms with Gasteiger partial charge in [0.15, 0.2) is 0 Å². The average Bonchev–Trinajstić information content (AvgIpc) is 3.55. The van der Waals surface area contributed by atoms with E-state index < -0.39 is 18.1 Å². The smallest absolute Gasteiger partial charge is 0.297 e. The van der Waals surface area contributed by atoms with E-state index in [2.05, 4.69) is 36.6 Å². The van der Waals surface area contributed by atoms with Gasteiger partial charge in [0.05, 0.1) is 10.0 Å². The average molecular weight is 614 g/mol. The summed E-state index contributed by atoms with van der Waals surface area (Å²) in [5.74, 6) is -3.09. The third-order valence-electron chi connectivity index (χ3n) is 8.86. The van der Waals surface area contributed by atoms with Crippen LogP contribution in [0.1, 0.15) is 66.3 Å². The first-order valence-electron chi connectivity index (χ1n) is 14.5. The van der Waals surface area contributed by atoms with Gasteiger partial charge in [-0.05, 0) is 62.7 Å². The standard InChI is InChI=1S/C33H35ClF3N3OS/c1-21-7-4-5-8-22(2)25(12-11-21)26-9-6-10-28(35)30(26)40-19-24(23(3)38-40)18-39-15-13-32(14-16-39)31-27(17-29(34)42-31)33(36,37)20-41-32/h4,6-7,9-10,12,17,19,22H,1,5,8,11,13-16,18,20H2,2-3H3/b7-4-,25-12-. The molecular formula is C33H35ClF3N3OS. The van der Waals surface area contributed by atoms with Crippen LogP contribution in [-0.2, 0) is 22.8 Å². The molecule has 1 atom stereocenters. The molecule has 4 nitrogen and oxygen atoms in total. The molecule has 4 heterocycles. The predicted octanol–water partition coefficient (Wildman–Crippen LogP) is 8.96. The molecule has 222 valence electrons. The zero-order chi connectivity index (χ0) is 29.6. The highest BCUT2D eigenvalue weighted by Crippen LogP contribution is 2.52. The van der Waals surface area contributed by atoms with Gasteiger partial charge in [-0.3, -0.25) is 4.90 Å². The van der Waals surface area contributed by atoms with E-state index in [1.54, 1.807) is 10.7 Å². The molecule has 1 aliphatic carbocycles. The van der Waals surface area contributed by atoms with Crippen LogP contribution in [0.3, 0.4) is 0 Å². The Labute approximate surface area is 254 Å². The van der Waals surface area contributed by atoms with Crippen LogP contribution in [-0.4, -0.2) is 34.4 Å².